The van der Waals surface area contributed by atoms with Crippen LogP contribution in [0.2, 0.25) is 19.6 Å². The van der Waals surface area contributed by atoms with Crippen molar-refractivity contribution >= 4 is 78.9 Å². The molecule has 66 valence electrons. The molecule has 0 unspecified atom stereocenters. The van der Waals surface area contributed by atoms with E-state index in [0.29, 0.717) is 0 Å². The van der Waals surface area contributed by atoms with E-state index in [1.165, 1.54) is 7.06 Å². The van der Waals surface area contributed by atoms with Crippen molar-refractivity contribution in [3.8, 4) is 0 Å². The molecule has 0 bridgehead atoms. The van der Waals surface area contributed by atoms with Gasteiger partial charge in [-0.25, -0.2) is 0 Å². The van der Waals surface area contributed by atoms with Crippen LogP contribution in [0.5, 0.6) is 0 Å². The first-order chi connectivity index (χ1) is 6.21. The molecule has 0 aromatic heterocycles. The van der Waals surface area contributed by atoms with E-state index in [9.17, 15) is 0 Å². The van der Waals surface area contributed by atoms with E-state index in [1.807, 2.05) is 0 Å². The summed E-state index contributed by atoms with van der Waals surface area (Å²) < 4.78 is 0. The van der Waals surface area contributed by atoms with E-state index >= 15 is 0 Å². The summed E-state index contributed by atoms with van der Waals surface area (Å²) in [6, 6.07) is 0. The molecule has 0 saturated carbocycles. The summed E-state index contributed by atoms with van der Waals surface area (Å²) in [6.07, 6.45) is 3.61. The maximum absolute atomic E-state index is 2.53. The highest BCUT2D eigenvalue weighted by Crippen LogP contribution is 2.10. The highest BCUT2D eigenvalue weighted by Gasteiger charge is 2.40. The Kier molecular flexibility index (Phi) is 6.18. The lowest BCUT2D eigenvalue weighted by Gasteiger charge is -2.36. The molecule has 0 rings (SSSR count). The molecule has 0 radical (unpaired) electrons. The fraction of sp³-hybridized carbons (Fsp3) is 1.00. The highest BCUT2D eigenvalue weighted by molar-refractivity contribution is 8.04. The van der Waals surface area contributed by atoms with Crippen molar-refractivity contribution < 1.29 is 0 Å². The van der Waals surface area contributed by atoms with Gasteiger partial charge in [0.05, 0.1) is 38.7 Å². The van der Waals surface area contributed by atoms with Gasteiger partial charge in [-0.3, -0.25) is 0 Å². The van der Waals surface area contributed by atoms with Crippen LogP contribution in [0.1, 0.15) is 0 Å². The molecule has 0 heterocycles. The summed E-state index contributed by atoms with van der Waals surface area (Å²) in [6.45, 7) is 7.59. The lowest BCUT2D eigenvalue weighted by atomic mass is 8.65. The summed E-state index contributed by atoms with van der Waals surface area (Å²) >= 11 is 0. The van der Waals surface area contributed by atoms with Crippen molar-refractivity contribution in [2.75, 3.05) is 0 Å². The van der Waals surface area contributed by atoms with Crippen molar-refractivity contribution in [2.24, 2.45) is 0 Å². The van der Waals surface area contributed by atoms with Crippen LogP contribution in [-0.2, 0) is 0 Å². The van der Waals surface area contributed by atoms with Gasteiger partial charge in [-0.15, -0.1) is 0 Å². The first kappa shape index (κ1) is 14.9. The fourth-order valence-electron chi connectivity index (χ4n) is 3.28. The Hall–Kier alpha value is 0.866. The van der Waals surface area contributed by atoms with Crippen molar-refractivity contribution in [3.05, 3.63) is 0 Å². The maximum Gasteiger partial charge on any atom is 0.0594 e. The summed E-state index contributed by atoms with van der Waals surface area (Å²) in [5, 5.41) is 0. The molecule has 14 heavy (non-hydrogen) atoms. The van der Waals surface area contributed by atoms with E-state index in [4.69, 9.17) is 0 Å². The first-order valence-corrected chi connectivity index (χ1v) is 9.79. The second kappa shape index (κ2) is 5.82. The average molecular weight is 192 g/mol. The molecule has 0 saturated heterocycles. The molecule has 0 nitrogen and oxygen atoms in total. The smallest absolute Gasteiger partial charge is 0.0594 e. The van der Waals surface area contributed by atoms with Crippen molar-refractivity contribution in [1.29, 1.82) is 0 Å². The first-order valence-electron chi connectivity index (χ1n) is 6.21. The zero-order valence-electron chi connectivity index (χ0n) is 11.5. The van der Waals surface area contributed by atoms with Crippen LogP contribution in [0.15, 0.2) is 0 Å². The number of hydrogen-bond acceptors (Lipinski definition) is 0. The Morgan fingerprint density at radius 1 is 0.929 bits per heavy atom. The van der Waals surface area contributed by atoms with Gasteiger partial charge in [-0.2, -0.15) is 0 Å². The van der Waals surface area contributed by atoms with E-state index in [0.717, 1.165) is 25.2 Å². The van der Waals surface area contributed by atoms with Gasteiger partial charge in [0.2, 0.25) is 0 Å². The van der Waals surface area contributed by atoms with Gasteiger partial charge in [0.1, 0.15) is 0 Å². The van der Waals surface area contributed by atoms with E-state index < -0.39 is 7.94 Å². The summed E-state index contributed by atoms with van der Waals surface area (Å²) in [4.78, 5) is 0. The lowest BCUT2D eigenvalue weighted by molar-refractivity contribution is 1.86. The Bertz CT molecular complexity index is 163. The van der Waals surface area contributed by atoms with Crippen LogP contribution < -0.4 is 0 Å². The molecule has 0 aromatic carbocycles. The van der Waals surface area contributed by atoms with Crippen LogP contribution in [0.4, 0.5) is 0 Å². The van der Waals surface area contributed by atoms with Gasteiger partial charge in [0.25, 0.3) is 0 Å². The molecule has 0 aliphatic carbocycles. The lowest BCUT2D eigenvalue weighted by Crippen LogP contribution is -2.71. The minimum absolute atomic E-state index is 0.846. The highest BCUT2D eigenvalue weighted by atomic mass is 28.3. The standard InChI is InChI=1S/C3H20B10Si/c1-14(2,3)13(11(7)8)12(9-4)10(5)6/h9H,4-8H2,1-3H3. The molecule has 0 fully saturated rings. The van der Waals surface area contributed by atoms with Crippen LogP contribution >= 0.6 is 0 Å². The predicted molar refractivity (Wildman–Crippen MR) is 96.2 cm³/mol. The van der Waals surface area contributed by atoms with Crippen LogP contribution in [-0.4, -0.2) is 78.9 Å². The topological polar surface area (TPSA) is 0 Å². The van der Waals surface area contributed by atoms with E-state index in [-0.39, 0.29) is 0 Å². The third-order valence-corrected chi connectivity index (χ3v) is 6.60. The zero-order chi connectivity index (χ0) is 11.5. The number of rotatable bonds is 5. The second-order valence-electron chi connectivity index (χ2n) is 6.45. The van der Waals surface area contributed by atoms with Gasteiger partial charge < -0.3 is 0 Å². The van der Waals surface area contributed by atoms with Crippen molar-refractivity contribution in [1.82, 2.24) is 0 Å². The predicted octanol–water partition coefficient (Wildman–Crippen LogP) is -5.38. The minimum Gasteiger partial charge on any atom is -0.0760 e. The molecular formula is C3H20B10Si. The van der Waals surface area contributed by atoms with Gasteiger partial charge >= 0.3 is 0 Å². The Labute approximate surface area is 98.7 Å². The second-order valence-corrected chi connectivity index (χ2v) is 11.9. The van der Waals surface area contributed by atoms with E-state index in [1.54, 1.807) is 0 Å². The van der Waals surface area contributed by atoms with Gasteiger partial charge in [-0.1, -0.05) is 19.6 Å². The maximum atomic E-state index is 2.53. The molecule has 0 atom stereocenters. The molecular weight excluding hydrogens is 172 g/mol. The Morgan fingerprint density at radius 2 is 1.36 bits per heavy atom. The summed E-state index contributed by atoms with van der Waals surface area (Å²) in [5.74, 6) is 0. The fourth-order valence-corrected chi connectivity index (χ4v) is 7.18. The minimum atomic E-state index is -0.997. The van der Waals surface area contributed by atoms with Gasteiger partial charge in [-0.05, 0) is 7.94 Å². The average Bonchev–Trinajstić information content (AvgIpc) is 1.95. The Balaban J connectivity index is 4.80. The molecule has 11 heteroatoms. The molecule has 0 aromatic rings. The Morgan fingerprint density at radius 3 is 1.43 bits per heavy atom. The van der Waals surface area contributed by atoms with Gasteiger partial charge in [0, 0.05) is 32.3 Å². The molecule has 0 amide bonds. The number of hydrogen-bond donors (Lipinski definition) is 0. The third kappa shape index (κ3) is 4.16. The molecule has 0 N–H and O–H groups in total. The van der Waals surface area contributed by atoms with Crippen LogP contribution in [0, 0.1) is 0 Å². The van der Waals surface area contributed by atoms with Crippen LogP contribution in [0.25, 0.3) is 0 Å². The largest absolute Gasteiger partial charge is 0.0760 e. The molecule has 0 aliphatic rings. The van der Waals surface area contributed by atoms with Crippen molar-refractivity contribution in [2.45, 2.75) is 19.6 Å². The summed E-state index contributed by atoms with van der Waals surface area (Å²) in [5.41, 5.74) is 0. The molecule has 0 aliphatic heterocycles. The zero-order valence-corrected chi connectivity index (χ0v) is 12.5. The van der Waals surface area contributed by atoms with E-state index in [2.05, 4.69) is 58.3 Å². The third-order valence-electron chi connectivity index (χ3n) is 3.51. The SMILES string of the molecule is BBB(B(B)B)B(B(B)B)[Si](C)(C)C. The monoisotopic (exact) mass is 194 g/mol. The van der Waals surface area contributed by atoms with Crippen LogP contribution in [0.3, 0.4) is 0 Å². The quantitative estimate of drug-likeness (QED) is 0.382. The summed E-state index contributed by atoms with van der Waals surface area (Å²) in [7, 11) is 12.3. The normalized spacial score (nSPS) is 10.5. The van der Waals surface area contributed by atoms with Crippen molar-refractivity contribution in [3.63, 3.8) is 0 Å². The van der Waals surface area contributed by atoms with Gasteiger partial charge in [0.15, 0.2) is 0 Å². The molecule has 0 spiro atoms.